The SMILES string of the molecule is Cl.O=C(O)c1cncc2[nH]ccc12. The van der Waals surface area contributed by atoms with Crippen LogP contribution in [0.25, 0.3) is 10.9 Å². The first-order valence-corrected chi connectivity index (χ1v) is 3.43. The Balaban J connectivity index is 0.000000845. The van der Waals surface area contributed by atoms with Crippen LogP contribution in [0.1, 0.15) is 10.4 Å². The number of aromatic amines is 1. The van der Waals surface area contributed by atoms with Crippen molar-refractivity contribution in [1.82, 2.24) is 9.97 Å². The summed E-state index contributed by atoms with van der Waals surface area (Å²) in [7, 11) is 0. The van der Waals surface area contributed by atoms with E-state index < -0.39 is 5.97 Å². The van der Waals surface area contributed by atoms with Gasteiger partial charge in [0.2, 0.25) is 0 Å². The Labute approximate surface area is 80.0 Å². The van der Waals surface area contributed by atoms with E-state index in [9.17, 15) is 4.79 Å². The van der Waals surface area contributed by atoms with Crippen molar-refractivity contribution in [1.29, 1.82) is 0 Å². The lowest BCUT2D eigenvalue weighted by Crippen LogP contribution is -1.97. The molecule has 2 N–H and O–H groups in total. The van der Waals surface area contributed by atoms with Gasteiger partial charge in [-0.05, 0) is 6.07 Å². The number of carboxylic acids is 1. The summed E-state index contributed by atoms with van der Waals surface area (Å²) >= 11 is 0. The summed E-state index contributed by atoms with van der Waals surface area (Å²) in [5.74, 6) is -0.951. The normalized spacial score (nSPS) is 9.54. The van der Waals surface area contributed by atoms with E-state index in [0.29, 0.717) is 5.39 Å². The summed E-state index contributed by atoms with van der Waals surface area (Å²) < 4.78 is 0. The Morgan fingerprint density at radius 1 is 1.46 bits per heavy atom. The molecule has 2 aromatic heterocycles. The first-order valence-electron chi connectivity index (χ1n) is 3.43. The van der Waals surface area contributed by atoms with Gasteiger partial charge in [0.05, 0.1) is 17.3 Å². The second-order valence-electron chi connectivity index (χ2n) is 2.43. The molecule has 0 saturated heterocycles. The van der Waals surface area contributed by atoms with Crippen LogP contribution in [-0.2, 0) is 0 Å². The largest absolute Gasteiger partial charge is 0.478 e. The molecule has 0 spiro atoms. The summed E-state index contributed by atoms with van der Waals surface area (Å²) in [6, 6.07) is 1.72. The zero-order chi connectivity index (χ0) is 8.55. The average Bonchev–Trinajstić information content (AvgIpc) is 2.49. The van der Waals surface area contributed by atoms with Gasteiger partial charge in [0, 0.05) is 17.8 Å². The smallest absolute Gasteiger partial charge is 0.337 e. The molecule has 0 fully saturated rings. The molecule has 0 amide bonds. The number of fused-ring (bicyclic) bond motifs is 1. The third-order valence-corrected chi connectivity index (χ3v) is 1.71. The minimum Gasteiger partial charge on any atom is -0.478 e. The summed E-state index contributed by atoms with van der Waals surface area (Å²) in [5.41, 5.74) is 0.976. The molecule has 0 unspecified atom stereocenters. The minimum absolute atomic E-state index is 0. The number of hydrogen-bond donors (Lipinski definition) is 2. The summed E-state index contributed by atoms with van der Waals surface area (Å²) in [6.45, 7) is 0. The molecule has 68 valence electrons. The maximum absolute atomic E-state index is 10.7. The van der Waals surface area contributed by atoms with Gasteiger partial charge in [-0.3, -0.25) is 4.98 Å². The molecule has 0 atom stereocenters. The number of aromatic carboxylic acids is 1. The molecule has 2 aromatic rings. The maximum atomic E-state index is 10.7. The number of hydrogen-bond acceptors (Lipinski definition) is 2. The number of aromatic nitrogens is 2. The van der Waals surface area contributed by atoms with E-state index in [1.165, 1.54) is 6.20 Å². The van der Waals surface area contributed by atoms with Crippen molar-refractivity contribution in [3.8, 4) is 0 Å². The Kier molecular flexibility index (Phi) is 2.53. The quantitative estimate of drug-likeness (QED) is 0.733. The molecule has 13 heavy (non-hydrogen) atoms. The van der Waals surface area contributed by atoms with Crippen LogP contribution in [0.5, 0.6) is 0 Å². The lowest BCUT2D eigenvalue weighted by atomic mass is 10.2. The molecule has 0 bridgehead atoms. The summed E-state index contributed by atoms with van der Waals surface area (Å²) in [6.07, 6.45) is 4.64. The van der Waals surface area contributed by atoms with Crippen LogP contribution in [0.4, 0.5) is 0 Å². The number of halogens is 1. The number of carbonyl (C=O) groups is 1. The van der Waals surface area contributed by atoms with Gasteiger partial charge in [-0.1, -0.05) is 0 Å². The monoisotopic (exact) mass is 198 g/mol. The third-order valence-electron chi connectivity index (χ3n) is 1.71. The number of nitrogens with zero attached hydrogens (tertiary/aromatic N) is 1. The average molecular weight is 199 g/mol. The van der Waals surface area contributed by atoms with Crippen molar-refractivity contribution >= 4 is 29.3 Å². The summed E-state index contributed by atoms with van der Waals surface area (Å²) in [5, 5.41) is 9.44. The number of rotatable bonds is 1. The highest BCUT2D eigenvalue weighted by molar-refractivity contribution is 6.02. The van der Waals surface area contributed by atoms with E-state index in [-0.39, 0.29) is 18.0 Å². The van der Waals surface area contributed by atoms with Crippen molar-refractivity contribution < 1.29 is 9.90 Å². The highest BCUT2D eigenvalue weighted by Crippen LogP contribution is 2.15. The van der Waals surface area contributed by atoms with Crippen LogP contribution in [0.15, 0.2) is 24.7 Å². The fourth-order valence-electron chi connectivity index (χ4n) is 1.15. The Hall–Kier alpha value is -1.55. The van der Waals surface area contributed by atoms with Crippen LogP contribution in [0, 0.1) is 0 Å². The summed E-state index contributed by atoms with van der Waals surface area (Å²) in [4.78, 5) is 17.3. The molecule has 4 nitrogen and oxygen atoms in total. The Morgan fingerprint density at radius 3 is 2.92 bits per heavy atom. The predicted octanol–water partition coefficient (Wildman–Crippen LogP) is 1.68. The first kappa shape index (κ1) is 9.54. The molecule has 0 radical (unpaired) electrons. The van der Waals surface area contributed by atoms with Crippen LogP contribution in [0.2, 0.25) is 0 Å². The molecule has 2 rings (SSSR count). The van der Waals surface area contributed by atoms with Crippen LogP contribution in [0.3, 0.4) is 0 Å². The molecule has 0 aliphatic carbocycles. The molecular formula is C8H7ClN2O2. The van der Waals surface area contributed by atoms with E-state index in [0.717, 1.165) is 5.52 Å². The maximum Gasteiger partial charge on any atom is 0.337 e. The number of H-pyrrole nitrogens is 1. The standard InChI is InChI=1S/C8H6N2O2.ClH/c11-8(12)6-3-9-4-7-5(6)1-2-10-7;/h1-4,10H,(H,11,12);1H. The van der Waals surface area contributed by atoms with Gasteiger partial charge in [0.25, 0.3) is 0 Å². The van der Waals surface area contributed by atoms with Crippen LogP contribution < -0.4 is 0 Å². The van der Waals surface area contributed by atoms with Crippen LogP contribution in [-0.4, -0.2) is 21.0 Å². The second-order valence-corrected chi connectivity index (χ2v) is 2.43. The fourth-order valence-corrected chi connectivity index (χ4v) is 1.15. The van der Waals surface area contributed by atoms with E-state index in [1.54, 1.807) is 18.5 Å². The van der Waals surface area contributed by atoms with E-state index >= 15 is 0 Å². The second kappa shape index (κ2) is 3.45. The van der Waals surface area contributed by atoms with Gasteiger partial charge in [-0.15, -0.1) is 12.4 Å². The van der Waals surface area contributed by atoms with Gasteiger partial charge in [-0.25, -0.2) is 4.79 Å². The number of carboxylic acid groups (broad SMARTS) is 1. The van der Waals surface area contributed by atoms with E-state index in [1.807, 2.05) is 0 Å². The van der Waals surface area contributed by atoms with Crippen molar-refractivity contribution in [2.45, 2.75) is 0 Å². The molecule has 0 aromatic carbocycles. The zero-order valence-corrected chi connectivity index (χ0v) is 7.34. The molecule has 5 heteroatoms. The first-order chi connectivity index (χ1) is 5.79. The van der Waals surface area contributed by atoms with Gasteiger partial charge in [-0.2, -0.15) is 0 Å². The molecule has 2 heterocycles. The lowest BCUT2D eigenvalue weighted by molar-refractivity contribution is 0.0698. The van der Waals surface area contributed by atoms with Gasteiger partial charge < -0.3 is 10.1 Å². The van der Waals surface area contributed by atoms with Crippen molar-refractivity contribution in [3.05, 3.63) is 30.2 Å². The number of nitrogens with one attached hydrogen (secondary N) is 1. The van der Waals surface area contributed by atoms with Crippen molar-refractivity contribution in [2.24, 2.45) is 0 Å². The highest BCUT2D eigenvalue weighted by Gasteiger charge is 2.07. The molecule has 0 aliphatic heterocycles. The van der Waals surface area contributed by atoms with Gasteiger partial charge >= 0.3 is 5.97 Å². The van der Waals surface area contributed by atoms with Gasteiger partial charge in [0.1, 0.15) is 0 Å². The highest BCUT2D eigenvalue weighted by atomic mass is 35.5. The zero-order valence-electron chi connectivity index (χ0n) is 6.52. The Bertz CT molecular complexity index is 438. The van der Waals surface area contributed by atoms with Gasteiger partial charge in [0.15, 0.2) is 0 Å². The lowest BCUT2D eigenvalue weighted by Gasteiger charge is -1.94. The molecular weight excluding hydrogens is 192 g/mol. The number of pyridine rings is 1. The van der Waals surface area contributed by atoms with E-state index in [4.69, 9.17) is 5.11 Å². The topological polar surface area (TPSA) is 66.0 Å². The third kappa shape index (κ3) is 1.48. The van der Waals surface area contributed by atoms with E-state index in [2.05, 4.69) is 9.97 Å². The van der Waals surface area contributed by atoms with Crippen molar-refractivity contribution in [2.75, 3.05) is 0 Å². The molecule has 0 aliphatic rings. The van der Waals surface area contributed by atoms with Crippen LogP contribution >= 0.6 is 12.4 Å². The minimum atomic E-state index is -0.951. The molecule has 0 saturated carbocycles. The fraction of sp³-hybridized carbons (Fsp3) is 0. The predicted molar refractivity (Wildman–Crippen MR) is 50.3 cm³/mol. The Morgan fingerprint density at radius 2 is 2.23 bits per heavy atom. The van der Waals surface area contributed by atoms with Crippen molar-refractivity contribution in [3.63, 3.8) is 0 Å².